The molecule has 4 heteroatoms. The van der Waals surface area contributed by atoms with Gasteiger partial charge in [-0.3, -0.25) is 0 Å². The molecule has 1 heterocycles. The van der Waals surface area contributed by atoms with Gasteiger partial charge in [-0.1, -0.05) is 0 Å². The first-order valence-corrected chi connectivity index (χ1v) is 5.39. The maximum absolute atomic E-state index is 5.46. The lowest BCUT2D eigenvalue weighted by molar-refractivity contribution is -0.670. The number of fused-ring (bicyclic) bond motifs is 1. The molecule has 0 aliphatic heterocycles. The Bertz CT molecular complexity index is 488. The number of benzene rings is 1. The van der Waals surface area contributed by atoms with Crippen LogP contribution >= 0.6 is 0 Å². The number of pyridine rings is 1. The van der Waals surface area contributed by atoms with Crippen LogP contribution in [0.4, 0.5) is 0 Å². The van der Waals surface area contributed by atoms with Crippen molar-refractivity contribution in [2.75, 3.05) is 13.4 Å². The standard InChI is InChI=1S/C13H16NO2.ClH/c1-3-15-10-16-13-5-4-12-9-14(2)7-6-11(12)8-13;/h4-9H,3,10H2,1-2H3;1H/q+1;/p-1. The molecule has 0 unspecified atom stereocenters. The van der Waals surface area contributed by atoms with Gasteiger partial charge >= 0.3 is 0 Å². The van der Waals surface area contributed by atoms with Crippen molar-refractivity contribution in [3.63, 3.8) is 0 Å². The van der Waals surface area contributed by atoms with Gasteiger partial charge in [0.2, 0.25) is 0 Å². The van der Waals surface area contributed by atoms with Gasteiger partial charge in [0, 0.05) is 18.1 Å². The monoisotopic (exact) mass is 253 g/mol. The Labute approximate surface area is 107 Å². The van der Waals surface area contributed by atoms with E-state index in [-0.39, 0.29) is 12.4 Å². The zero-order valence-corrected chi connectivity index (χ0v) is 10.8. The first kappa shape index (κ1) is 13.7. The van der Waals surface area contributed by atoms with Crippen LogP contribution in [0.5, 0.6) is 5.75 Å². The van der Waals surface area contributed by atoms with Gasteiger partial charge in [-0.25, -0.2) is 4.57 Å². The fourth-order valence-corrected chi connectivity index (χ4v) is 1.56. The average molecular weight is 254 g/mol. The predicted octanol–water partition coefficient (Wildman–Crippen LogP) is -0.959. The summed E-state index contributed by atoms with van der Waals surface area (Å²) in [4.78, 5) is 0. The van der Waals surface area contributed by atoms with Gasteiger partial charge in [0.05, 0.1) is 0 Å². The smallest absolute Gasteiger partial charge is 0.189 e. The molecule has 0 fully saturated rings. The van der Waals surface area contributed by atoms with E-state index in [1.807, 2.05) is 36.9 Å². The van der Waals surface area contributed by atoms with Crippen molar-refractivity contribution < 1.29 is 26.4 Å². The summed E-state index contributed by atoms with van der Waals surface area (Å²) in [5.41, 5.74) is 0. The minimum Gasteiger partial charge on any atom is -1.00 e. The van der Waals surface area contributed by atoms with E-state index in [0.29, 0.717) is 13.4 Å². The number of hydrogen-bond acceptors (Lipinski definition) is 2. The number of rotatable bonds is 4. The third-order valence-electron chi connectivity index (χ3n) is 2.40. The molecule has 17 heavy (non-hydrogen) atoms. The molecule has 0 spiro atoms. The minimum absolute atomic E-state index is 0. The summed E-state index contributed by atoms with van der Waals surface area (Å²) in [7, 11) is 2.01. The van der Waals surface area contributed by atoms with Crippen LogP contribution in [0.15, 0.2) is 36.7 Å². The Balaban J connectivity index is 0.00000144. The fraction of sp³-hybridized carbons (Fsp3) is 0.308. The summed E-state index contributed by atoms with van der Waals surface area (Å²) in [6.45, 7) is 2.93. The van der Waals surface area contributed by atoms with E-state index in [1.165, 1.54) is 10.8 Å². The molecule has 0 saturated heterocycles. The Kier molecular flexibility index (Phi) is 5.19. The largest absolute Gasteiger partial charge is 1.00 e. The minimum atomic E-state index is 0. The molecular formula is C13H16ClNO2. The Morgan fingerprint density at radius 3 is 2.76 bits per heavy atom. The zero-order valence-electron chi connectivity index (χ0n) is 10.0. The predicted molar refractivity (Wildman–Crippen MR) is 62.2 cm³/mol. The summed E-state index contributed by atoms with van der Waals surface area (Å²) < 4.78 is 12.6. The second-order valence-corrected chi connectivity index (χ2v) is 3.66. The maximum Gasteiger partial charge on any atom is 0.189 e. The third-order valence-corrected chi connectivity index (χ3v) is 2.40. The van der Waals surface area contributed by atoms with Crippen LogP contribution in [0.2, 0.25) is 0 Å². The Morgan fingerprint density at radius 1 is 1.18 bits per heavy atom. The number of halogens is 1. The van der Waals surface area contributed by atoms with Crippen molar-refractivity contribution in [2.24, 2.45) is 7.05 Å². The molecule has 0 atom stereocenters. The first-order valence-electron chi connectivity index (χ1n) is 5.39. The van der Waals surface area contributed by atoms with Crippen LogP contribution in [0.1, 0.15) is 6.92 Å². The van der Waals surface area contributed by atoms with Crippen LogP contribution < -0.4 is 21.7 Å². The first-order chi connectivity index (χ1) is 7.79. The molecule has 3 nitrogen and oxygen atoms in total. The van der Waals surface area contributed by atoms with Crippen molar-refractivity contribution in [3.8, 4) is 5.75 Å². The molecular weight excluding hydrogens is 238 g/mol. The van der Waals surface area contributed by atoms with Crippen LogP contribution in [-0.4, -0.2) is 13.4 Å². The molecule has 92 valence electrons. The topological polar surface area (TPSA) is 22.3 Å². The number of hydrogen-bond donors (Lipinski definition) is 0. The average Bonchev–Trinajstić information content (AvgIpc) is 2.29. The maximum atomic E-state index is 5.46. The van der Waals surface area contributed by atoms with E-state index >= 15 is 0 Å². The van der Waals surface area contributed by atoms with Crippen molar-refractivity contribution in [1.82, 2.24) is 0 Å². The van der Waals surface area contributed by atoms with Crippen LogP contribution in [0.3, 0.4) is 0 Å². The highest BCUT2D eigenvalue weighted by molar-refractivity contribution is 5.82. The molecule has 2 rings (SSSR count). The van der Waals surface area contributed by atoms with Crippen LogP contribution in [0.25, 0.3) is 10.8 Å². The van der Waals surface area contributed by atoms with E-state index in [1.54, 1.807) is 0 Å². The lowest BCUT2D eigenvalue weighted by Crippen LogP contribution is -3.00. The molecule has 0 saturated carbocycles. The molecule has 0 N–H and O–H groups in total. The molecule has 0 amide bonds. The van der Waals surface area contributed by atoms with E-state index < -0.39 is 0 Å². The summed E-state index contributed by atoms with van der Waals surface area (Å²) in [5.74, 6) is 0.842. The second kappa shape index (κ2) is 6.42. The lowest BCUT2D eigenvalue weighted by atomic mass is 10.2. The van der Waals surface area contributed by atoms with E-state index in [4.69, 9.17) is 9.47 Å². The van der Waals surface area contributed by atoms with Crippen molar-refractivity contribution in [2.45, 2.75) is 6.92 Å². The zero-order chi connectivity index (χ0) is 11.4. The highest BCUT2D eigenvalue weighted by Crippen LogP contribution is 2.19. The summed E-state index contributed by atoms with van der Waals surface area (Å²) in [6.07, 6.45) is 4.11. The Morgan fingerprint density at radius 2 is 2.00 bits per heavy atom. The number of aromatic nitrogens is 1. The molecule has 0 aliphatic rings. The summed E-state index contributed by atoms with van der Waals surface area (Å²) in [5, 5.41) is 2.38. The van der Waals surface area contributed by atoms with Crippen LogP contribution in [0, 0.1) is 0 Å². The number of ether oxygens (including phenoxy) is 2. The summed E-state index contributed by atoms with van der Waals surface area (Å²) >= 11 is 0. The second-order valence-electron chi connectivity index (χ2n) is 3.66. The quantitative estimate of drug-likeness (QED) is 0.398. The SMILES string of the molecule is CCOCOc1ccc2c[n+](C)ccc2c1.[Cl-]. The van der Waals surface area contributed by atoms with Crippen LogP contribution in [-0.2, 0) is 11.8 Å². The molecule has 0 radical (unpaired) electrons. The molecule has 0 aliphatic carbocycles. The third kappa shape index (κ3) is 3.58. The van der Waals surface area contributed by atoms with Gasteiger partial charge in [0.15, 0.2) is 19.2 Å². The van der Waals surface area contributed by atoms with Gasteiger partial charge in [-0.15, -0.1) is 0 Å². The van der Waals surface area contributed by atoms with Crippen molar-refractivity contribution in [3.05, 3.63) is 36.7 Å². The molecule has 1 aromatic carbocycles. The highest BCUT2D eigenvalue weighted by atomic mass is 35.5. The Hall–Kier alpha value is -1.32. The molecule has 0 bridgehead atoms. The lowest BCUT2D eigenvalue weighted by Gasteiger charge is -2.06. The van der Waals surface area contributed by atoms with Crippen molar-refractivity contribution in [1.29, 1.82) is 0 Å². The fourth-order valence-electron chi connectivity index (χ4n) is 1.56. The van der Waals surface area contributed by atoms with E-state index in [2.05, 4.69) is 18.3 Å². The van der Waals surface area contributed by atoms with Gasteiger partial charge in [0.25, 0.3) is 0 Å². The van der Waals surface area contributed by atoms with Gasteiger partial charge < -0.3 is 21.9 Å². The van der Waals surface area contributed by atoms with Gasteiger partial charge in [-0.2, -0.15) is 0 Å². The van der Waals surface area contributed by atoms with Gasteiger partial charge in [-0.05, 0) is 30.5 Å². The number of nitrogens with zero attached hydrogens (tertiary/aromatic N) is 1. The van der Waals surface area contributed by atoms with Crippen molar-refractivity contribution >= 4 is 10.8 Å². The van der Waals surface area contributed by atoms with Gasteiger partial charge in [0.1, 0.15) is 12.8 Å². The molecule has 1 aromatic heterocycles. The van der Waals surface area contributed by atoms with E-state index in [0.717, 1.165) is 5.75 Å². The normalized spacial score (nSPS) is 10.0. The molecule has 2 aromatic rings. The van der Waals surface area contributed by atoms with E-state index in [9.17, 15) is 0 Å². The summed E-state index contributed by atoms with van der Waals surface area (Å²) in [6, 6.07) is 8.11. The number of aryl methyl sites for hydroxylation is 1. The highest BCUT2D eigenvalue weighted by Gasteiger charge is 2.00.